The highest BCUT2D eigenvalue weighted by Crippen LogP contribution is 2.37. The molecule has 0 fully saturated rings. The van der Waals surface area contributed by atoms with Crippen LogP contribution in [0.15, 0.2) is 63.5 Å². The highest BCUT2D eigenvalue weighted by Gasteiger charge is 2.36. The average Bonchev–Trinajstić information content (AvgIpc) is 3.35. The number of fused-ring (bicyclic) bond motifs is 2. The van der Waals surface area contributed by atoms with Crippen LogP contribution in [0.25, 0.3) is 5.57 Å². The van der Waals surface area contributed by atoms with Gasteiger partial charge in [-0.15, -0.1) is 0 Å². The fraction of sp³-hybridized carbons (Fsp3) is 0.259. The van der Waals surface area contributed by atoms with Crippen molar-refractivity contribution in [3.05, 3.63) is 84.5 Å². The van der Waals surface area contributed by atoms with Crippen molar-refractivity contribution in [3.63, 3.8) is 0 Å². The highest BCUT2D eigenvalue weighted by molar-refractivity contribution is 7.07. The van der Waals surface area contributed by atoms with Gasteiger partial charge in [-0.3, -0.25) is 14.2 Å². The molecule has 3 aromatic rings. The Balaban J connectivity index is 1.83. The van der Waals surface area contributed by atoms with Gasteiger partial charge in [-0.2, -0.15) is 0 Å². The van der Waals surface area contributed by atoms with Gasteiger partial charge in [0.15, 0.2) is 16.3 Å². The molecule has 3 heterocycles. The molecule has 37 heavy (non-hydrogen) atoms. The number of carbonyl (C=O) groups is 2. The lowest BCUT2D eigenvalue weighted by Gasteiger charge is -2.25. The third kappa shape index (κ3) is 3.75. The highest BCUT2D eigenvalue weighted by atomic mass is 32.1. The maximum absolute atomic E-state index is 14.0. The fourth-order valence-electron chi connectivity index (χ4n) is 4.77. The first-order chi connectivity index (χ1) is 17.8. The third-order valence-electron chi connectivity index (χ3n) is 6.50. The number of esters is 1. The minimum Gasteiger partial charge on any atom is -0.493 e. The number of allylic oxidation sites excluding steroid dienone is 1. The van der Waals surface area contributed by atoms with E-state index in [-0.39, 0.29) is 22.6 Å². The van der Waals surface area contributed by atoms with Crippen LogP contribution < -0.4 is 29.3 Å². The normalized spacial score (nSPS) is 17.8. The van der Waals surface area contributed by atoms with Gasteiger partial charge in [-0.25, -0.2) is 9.79 Å². The number of likely N-dealkylation sites (N-methyl/N-ethyl adjacent to an activating group) is 1. The van der Waals surface area contributed by atoms with Gasteiger partial charge in [0.25, 0.3) is 11.5 Å². The number of amides is 1. The van der Waals surface area contributed by atoms with Crippen LogP contribution in [0.4, 0.5) is 5.69 Å². The zero-order valence-corrected chi connectivity index (χ0v) is 21.8. The van der Waals surface area contributed by atoms with Crippen LogP contribution in [0.2, 0.25) is 0 Å². The molecule has 0 unspecified atom stereocenters. The molecular formula is C27H25N3O6S. The maximum Gasteiger partial charge on any atom is 0.338 e. The van der Waals surface area contributed by atoms with Gasteiger partial charge in [0, 0.05) is 12.6 Å². The van der Waals surface area contributed by atoms with Crippen LogP contribution in [0, 0.1) is 0 Å². The zero-order valence-electron chi connectivity index (χ0n) is 21.0. The van der Waals surface area contributed by atoms with Gasteiger partial charge in [-0.05, 0) is 37.6 Å². The van der Waals surface area contributed by atoms with Gasteiger partial charge >= 0.3 is 5.97 Å². The number of hydrogen-bond acceptors (Lipinski definition) is 8. The molecule has 2 aliphatic rings. The van der Waals surface area contributed by atoms with Crippen molar-refractivity contribution < 1.29 is 23.8 Å². The van der Waals surface area contributed by atoms with Gasteiger partial charge < -0.3 is 19.1 Å². The van der Waals surface area contributed by atoms with Gasteiger partial charge in [0.1, 0.15) is 4.53 Å². The molecular weight excluding hydrogens is 494 g/mol. The fourth-order valence-corrected chi connectivity index (χ4v) is 5.91. The largest absolute Gasteiger partial charge is 0.493 e. The zero-order chi connectivity index (χ0) is 26.4. The maximum atomic E-state index is 14.0. The molecule has 1 aromatic heterocycles. The summed E-state index contributed by atoms with van der Waals surface area (Å²) < 4.78 is 17.9. The summed E-state index contributed by atoms with van der Waals surface area (Å²) in [7, 11) is 4.73. The van der Waals surface area contributed by atoms with E-state index in [0.717, 1.165) is 17.0 Å². The second kappa shape index (κ2) is 9.36. The monoisotopic (exact) mass is 519 g/mol. The molecule has 2 aliphatic heterocycles. The summed E-state index contributed by atoms with van der Waals surface area (Å²) in [4.78, 5) is 47.0. The van der Waals surface area contributed by atoms with Crippen LogP contribution in [0.1, 0.15) is 31.0 Å². The lowest BCUT2D eigenvalue weighted by Crippen LogP contribution is -2.40. The Kier molecular flexibility index (Phi) is 6.20. The van der Waals surface area contributed by atoms with E-state index in [1.54, 1.807) is 39.1 Å². The van der Waals surface area contributed by atoms with E-state index in [1.807, 2.05) is 24.3 Å². The van der Waals surface area contributed by atoms with E-state index in [0.29, 0.717) is 38.7 Å². The predicted molar refractivity (Wildman–Crippen MR) is 139 cm³/mol. The van der Waals surface area contributed by atoms with Gasteiger partial charge in [-0.1, -0.05) is 35.6 Å². The number of rotatable bonds is 5. The Hall–Kier alpha value is -4.18. The molecule has 190 valence electrons. The van der Waals surface area contributed by atoms with Crippen molar-refractivity contribution in [2.24, 2.45) is 4.99 Å². The van der Waals surface area contributed by atoms with Crippen LogP contribution in [0.5, 0.6) is 11.5 Å². The minimum atomic E-state index is -0.839. The van der Waals surface area contributed by atoms with Crippen molar-refractivity contribution in [1.82, 2.24) is 4.57 Å². The lowest BCUT2D eigenvalue weighted by atomic mass is 9.95. The summed E-state index contributed by atoms with van der Waals surface area (Å²) in [6, 6.07) is 11.7. The van der Waals surface area contributed by atoms with Crippen molar-refractivity contribution in [2.45, 2.75) is 19.9 Å². The Morgan fingerprint density at radius 3 is 2.51 bits per heavy atom. The van der Waals surface area contributed by atoms with E-state index in [1.165, 1.54) is 23.7 Å². The van der Waals surface area contributed by atoms with Gasteiger partial charge in [0.2, 0.25) is 0 Å². The second-order valence-corrected chi connectivity index (χ2v) is 9.47. The molecule has 0 N–H and O–H groups in total. The summed E-state index contributed by atoms with van der Waals surface area (Å²) >= 11 is 1.13. The molecule has 0 radical (unpaired) electrons. The Morgan fingerprint density at radius 2 is 1.81 bits per heavy atom. The van der Waals surface area contributed by atoms with Crippen LogP contribution in [-0.2, 0) is 14.3 Å². The first-order valence-electron chi connectivity index (χ1n) is 11.6. The molecule has 1 atom stereocenters. The molecule has 0 bridgehead atoms. The second-order valence-electron chi connectivity index (χ2n) is 8.49. The number of thiazole rings is 1. The number of methoxy groups -OCH3 is 2. The van der Waals surface area contributed by atoms with E-state index >= 15 is 0 Å². The van der Waals surface area contributed by atoms with E-state index in [2.05, 4.69) is 4.99 Å². The Bertz CT molecular complexity index is 1670. The number of hydrogen-bond donors (Lipinski definition) is 0. The van der Waals surface area contributed by atoms with E-state index < -0.39 is 17.6 Å². The van der Waals surface area contributed by atoms with Crippen molar-refractivity contribution in [1.29, 1.82) is 0 Å². The van der Waals surface area contributed by atoms with Crippen molar-refractivity contribution in [2.75, 3.05) is 32.8 Å². The number of aromatic nitrogens is 1. The number of anilines is 1. The molecule has 0 spiro atoms. The summed E-state index contributed by atoms with van der Waals surface area (Å²) in [5.74, 6) is 0.124. The number of nitrogens with zero attached hydrogens (tertiary/aromatic N) is 3. The van der Waals surface area contributed by atoms with Crippen LogP contribution in [0.3, 0.4) is 0 Å². The lowest BCUT2D eigenvalue weighted by molar-refractivity contribution is -0.139. The first-order valence-corrected chi connectivity index (χ1v) is 12.5. The molecule has 0 saturated heterocycles. The van der Waals surface area contributed by atoms with Crippen molar-refractivity contribution in [3.8, 4) is 11.5 Å². The number of ether oxygens (including phenoxy) is 3. The molecule has 5 rings (SSSR count). The predicted octanol–water partition coefficient (Wildman–Crippen LogP) is 2.16. The standard InChI is InChI=1S/C27H25N3O6S/c1-6-36-26(33)20-14(2)28-27-30(22(20)15-11-12-18(34-4)19(13-15)35-5)25(32)23(37-27)21-16-9-7-8-10-17(16)29(3)24(21)31/h7-13,22H,6H2,1-5H3/b23-21-/t22-/m1/s1. The average molecular weight is 520 g/mol. The Labute approximate surface area is 216 Å². The molecule has 2 aromatic carbocycles. The molecule has 10 heteroatoms. The summed E-state index contributed by atoms with van der Waals surface area (Å²) in [5.41, 5.74) is 2.62. The molecule has 1 amide bonds. The van der Waals surface area contributed by atoms with Crippen LogP contribution >= 0.6 is 11.3 Å². The summed E-state index contributed by atoms with van der Waals surface area (Å²) in [6.45, 7) is 3.60. The minimum absolute atomic E-state index is 0.167. The first kappa shape index (κ1) is 24.5. The van der Waals surface area contributed by atoms with Crippen LogP contribution in [-0.4, -0.2) is 44.3 Å². The molecule has 9 nitrogen and oxygen atoms in total. The van der Waals surface area contributed by atoms with E-state index in [4.69, 9.17) is 14.2 Å². The smallest absolute Gasteiger partial charge is 0.338 e. The summed E-state index contributed by atoms with van der Waals surface area (Å²) in [5, 5.41) is 0. The SMILES string of the molecule is CCOC(=O)C1=C(C)N=c2s/c(=C3\C(=O)N(C)c4ccccc43)c(=O)n2[C@@H]1c1ccc(OC)c(OC)c1. The topological polar surface area (TPSA) is 99.4 Å². The number of para-hydroxylation sites is 1. The molecule has 0 saturated carbocycles. The van der Waals surface area contributed by atoms with Gasteiger partial charge in [0.05, 0.1) is 49.4 Å². The molecule has 0 aliphatic carbocycles. The quantitative estimate of drug-likeness (QED) is 0.479. The number of carbonyl (C=O) groups excluding carboxylic acids is 2. The third-order valence-corrected chi connectivity index (χ3v) is 7.55. The summed E-state index contributed by atoms with van der Waals surface area (Å²) in [6.07, 6.45) is 0. The van der Waals surface area contributed by atoms with E-state index in [9.17, 15) is 14.4 Å². The van der Waals surface area contributed by atoms with Crippen molar-refractivity contribution >= 4 is 34.5 Å². The number of benzene rings is 2. The Morgan fingerprint density at radius 1 is 1.08 bits per heavy atom.